The van der Waals surface area contributed by atoms with Gasteiger partial charge in [0, 0.05) is 0 Å². The number of thiazole rings is 1. The number of nitrogens with zero attached hydrogens (tertiary/aromatic N) is 1. The topological polar surface area (TPSA) is 42.4 Å². The number of aryl methyl sites for hydroxylation is 1. The zero-order chi connectivity index (χ0) is 12.4. The molecule has 0 spiro atoms. The number of aliphatic hydroxyl groups is 1. The predicted octanol–water partition coefficient (Wildman–Crippen LogP) is 3.30. The van der Waals surface area contributed by atoms with Crippen LogP contribution in [0.2, 0.25) is 0 Å². The Bertz CT molecular complexity index is 527. The van der Waals surface area contributed by atoms with Crippen molar-refractivity contribution in [2.75, 3.05) is 7.11 Å². The molecule has 3 nitrogen and oxygen atoms in total. The van der Waals surface area contributed by atoms with E-state index in [1.165, 1.54) is 11.3 Å². The van der Waals surface area contributed by atoms with Crippen molar-refractivity contribution in [2.45, 2.75) is 13.0 Å². The number of hydrogen-bond donors (Lipinski definition) is 1. The molecule has 0 bridgehead atoms. The van der Waals surface area contributed by atoms with E-state index in [0.29, 0.717) is 4.60 Å². The van der Waals surface area contributed by atoms with Gasteiger partial charge >= 0.3 is 0 Å². The van der Waals surface area contributed by atoms with Crippen molar-refractivity contribution in [1.82, 2.24) is 4.98 Å². The molecule has 17 heavy (non-hydrogen) atoms. The summed E-state index contributed by atoms with van der Waals surface area (Å²) in [7, 11) is 1.64. The lowest BCUT2D eigenvalue weighted by molar-refractivity contribution is 0.223. The molecule has 1 aromatic carbocycles. The first kappa shape index (κ1) is 12.5. The summed E-state index contributed by atoms with van der Waals surface area (Å²) in [6, 6.07) is 5.65. The monoisotopic (exact) mass is 313 g/mol. The molecule has 1 unspecified atom stereocenters. The molecule has 0 radical (unpaired) electrons. The van der Waals surface area contributed by atoms with E-state index < -0.39 is 6.10 Å². The summed E-state index contributed by atoms with van der Waals surface area (Å²) in [5.41, 5.74) is 3.55. The van der Waals surface area contributed by atoms with Gasteiger partial charge < -0.3 is 9.84 Å². The maximum absolute atomic E-state index is 10.2. The van der Waals surface area contributed by atoms with E-state index in [1.54, 1.807) is 12.6 Å². The second-order valence-electron chi connectivity index (χ2n) is 3.64. The number of hydrogen-bond acceptors (Lipinski definition) is 4. The molecule has 0 aliphatic carbocycles. The standard InChI is InChI=1S/C12H12BrNO2S/c1-7-5-8(3-4-9(7)16-2)10(15)11-12(13)14-6-17-11/h3-6,10,15H,1-2H3. The molecule has 0 saturated carbocycles. The third-order valence-corrected chi connectivity index (χ3v) is 4.31. The van der Waals surface area contributed by atoms with Crippen LogP contribution < -0.4 is 4.74 Å². The summed E-state index contributed by atoms with van der Waals surface area (Å²) in [4.78, 5) is 4.88. The second kappa shape index (κ2) is 5.16. The van der Waals surface area contributed by atoms with Crippen LogP contribution in [0.5, 0.6) is 5.75 Å². The van der Waals surface area contributed by atoms with E-state index >= 15 is 0 Å². The van der Waals surface area contributed by atoms with Gasteiger partial charge in [0.25, 0.3) is 0 Å². The number of aromatic nitrogens is 1. The molecule has 1 aromatic heterocycles. The second-order valence-corrected chi connectivity index (χ2v) is 5.28. The summed E-state index contributed by atoms with van der Waals surface area (Å²) >= 11 is 4.75. The van der Waals surface area contributed by atoms with Gasteiger partial charge in [0.2, 0.25) is 0 Å². The average molecular weight is 314 g/mol. The number of ether oxygens (including phenoxy) is 1. The molecular formula is C12H12BrNO2S. The van der Waals surface area contributed by atoms with Gasteiger partial charge in [0.15, 0.2) is 0 Å². The number of rotatable bonds is 3. The summed E-state index contributed by atoms with van der Waals surface area (Å²) in [5.74, 6) is 0.823. The molecule has 0 fully saturated rings. The maximum atomic E-state index is 10.2. The molecule has 0 aliphatic heterocycles. The van der Waals surface area contributed by atoms with Crippen molar-refractivity contribution in [3.05, 3.63) is 44.3 Å². The van der Waals surface area contributed by atoms with Crippen LogP contribution in [-0.2, 0) is 0 Å². The lowest BCUT2D eigenvalue weighted by atomic mass is 10.1. The maximum Gasteiger partial charge on any atom is 0.123 e. The number of halogens is 1. The largest absolute Gasteiger partial charge is 0.496 e. The zero-order valence-electron chi connectivity index (χ0n) is 9.48. The molecule has 0 amide bonds. The van der Waals surface area contributed by atoms with Crippen LogP contribution in [0.1, 0.15) is 22.1 Å². The van der Waals surface area contributed by atoms with Crippen LogP contribution in [0.15, 0.2) is 28.3 Å². The Morgan fingerprint density at radius 2 is 2.24 bits per heavy atom. The minimum absolute atomic E-state index is 0.651. The summed E-state index contributed by atoms with van der Waals surface area (Å²) in [6.45, 7) is 1.96. The Morgan fingerprint density at radius 3 is 2.76 bits per heavy atom. The molecular weight excluding hydrogens is 302 g/mol. The van der Waals surface area contributed by atoms with E-state index in [4.69, 9.17) is 4.74 Å². The number of benzene rings is 1. The molecule has 1 heterocycles. The molecule has 2 rings (SSSR count). The summed E-state index contributed by atoms with van der Waals surface area (Å²) in [6.07, 6.45) is -0.651. The van der Waals surface area contributed by atoms with Crippen molar-refractivity contribution in [3.63, 3.8) is 0 Å². The zero-order valence-corrected chi connectivity index (χ0v) is 11.9. The molecule has 0 aliphatic rings. The van der Waals surface area contributed by atoms with Gasteiger partial charge in [-0.2, -0.15) is 0 Å². The first-order valence-corrected chi connectivity index (χ1v) is 6.72. The minimum atomic E-state index is -0.651. The van der Waals surface area contributed by atoms with E-state index in [0.717, 1.165) is 21.8 Å². The van der Waals surface area contributed by atoms with Crippen LogP contribution in [0.4, 0.5) is 0 Å². The van der Waals surface area contributed by atoms with Gasteiger partial charge in [-0.15, -0.1) is 11.3 Å². The Kier molecular flexibility index (Phi) is 3.81. The Hall–Kier alpha value is -0.910. The fourth-order valence-electron chi connectivity index (χ4n) is 1.64. The highest BCUT2D eigenvalue weighted by Crippen LogP contribution is 2.32. The highest BCUT2D eigenvalue weighted by atomic mass is 79.9. The first-order valence-electron chi connectivity index (χ1n) is 5.05. The van der Waals surface area contributed by atoms with Crippen LogP contribution in [-0.4, -0.2) is 17.2 Å². The molecule has 90 valence electrons. The Balaban J connectivity index is 2.35. The molecule has 2 aromatic rings. The van der Waals surface area contributed by atoms with Gasteiger partial charge in [-0.1, -0.05) is 6.07 Å². The predicted molar refractivity (Wildman–Crippen MR) is 71.6 cm³/mol. The first-order chi connectivity index (χ1) is 8.13. The molecule has 1 N–H and O–H groups in total. The Labute approximate surface area is 112 Å². The quantitative estimate of drug-likeness (QED) is 0.945. The van der Waals surface area contributed by atoms with E-state index in [1.807, 2.05) is 25.1 Å². The summed E-state index contributed by atoms with van der Waals surface area (Å²) in [5, 5.41) is 10.2. The van der Waals surface area contributed by atoms with Crippen LogP contribution in [0, 0.1) is 6.92 Å². The van der Waals surface area contributed by atoms with E-state index in [2.05, 4.69) is 20.9 Å². The smallest absolute Gasteiger partial charge is 0.123 e. The van der Waals surface area contributed by atoms with Gasteiger partial charge in [-0.05, 0) is 46.1 Å². The van der Waals surface area contributed by atoms with Gasteiger partial charge in [-0.25, -0.2) is 4.98 Å². The van der Waals surface area contributed by atoms with Gasteiger partial charge in [0.1, 0.15) is 16.5 Å². The van der Waals surface area contributed by atoms with Crippen molar-refractivity contribution in [2.24, 2.45) is 0 Å². The third kappa shape index (κ3) is 2.51. The fourth-order valence-corrected chi connectivity index (χ4v) is 3.06. The van der Waals surface area contributed by atoms with Crippen molar-refractivity contribution in [3.8, 4) is 5.75 Å². The number of aliphatic hydroxyl groups excluding tert-OH is 1. The molecule has 0 saturated heterocycles. The Morgan fingerprint density at radius 1 is 1.47 bits per heavy atom. The van der Waals surface area contributed by atoms with Crippen LogP contribution >= 0.6 is 27.3 Å². The fraction of sp³-hybridized carbons (Fsp3) is 0.250. The van der Waals surface area contributed by atoms with Crippen LogP contribution in [0.25, 0.3) is 0 Å². The SMILES string of the molecule is COc1ccc(C(O)c2scnc2Br)cc1C. The highest BCUT2D eigenvalue weighted by Gasteiger charge is 2.16. The highest BCUT2D eigenvalue weighted by molar-refractivity contribution is 9.10. The average Bonchev–Trinajstić information content (AvgIpc) is 2.74. The van der Waals surface area contributed by atoms with E-state index in [9.17, 15) is 5.11 Å². The lowest BCUT2D eigenvalue weighted by Crippen LogP contribution is -1.99. The molecule has 5 heteroatoms. The normalized spacial score (nSPS) is 12.5. The lowest BCUT2D eigenvalue weighted by Gasteiger charge is -2.12. The van der Waals surface area contributed by atoms with E-state index in [-0.39, 0.29) is 0 Å². The van der Waals surface area contributed by atoms with Gasteiger partial charge in [0.05, 0.1) is 17.5 Å². The molecule has 1 atom stereocenters. The van der Waals surface area contributed by atoms with Crippen molar-refractivity contribution >= 4 is 27.3 Å². The summed E-state index contributed by atoms with van der Waals surface area (Å²) < 4.78 is 5.89. The van der Waals surface area contributed by atoms with Crippen molar-refractivity contribution in [1.29, 1.82) is 0 Å². The third-order valence-electron chi connectivity index (χ3n) is 2.53. The van der Waals surface area contributed by atoms with Crippen molar-refractivity contribution < 1.29 is 9.84 Å². The number of methoxy groups -OCH3 is 1. The van der Waals surface area contributed by atoms with Crippen LogP contribution in [0.3, 0.4) is 0 Å². The minimum Gasteiger partial charge on any atom is -0.496 e. The van der Waals surface area contributed by atoms with Gasteiger partial charge in [-0.3, -0.25) is 0 Å².